The molecular weight excluding hydrogens is 272 g/mol. The Morgan fingerprint density at radius 3 is 3.00 bits per heavy atom. The molecule has 1 amide bonds. The fraction of sp³-hybridized carbons (Fsp3) is 0.533. The van der Waals surface area contributed by atoms with Crippen molar-refractivity contribution in [3.8, 4) is 5.88 Å². The number of rotatable bonds is 4. The van der Waals surface area contributed by atoms with E-state index in [1.54, 1.807) is 30.2 Å². The zero-order valence-corrected chi connectivity index (χ0v) is 12.4. The van der Waals surface area contributed by atoms with Crippen molar-refractivity contribution < 1.29 is 19.1 Å². The predicted octanol–water partition coefficient (Wildman–Crippen LogP) is 1.51. The molecule has 6 nitrogen and oxygen atoms in total. The molecule has 1 aromatic heterocycles. The van der Waals surface area contributed by atoms with Gasteiger partial charge in [0.1, 0.15) is 5.56 Å². The van der Waals surface area contributed by atoms with Gasteiger partial charge in [-0.1, -0.05) is 0 Å². The van der Waals surface area contributed by atoms with Crippen molar-refractivity contribution >= 4 is 11.9 Å². The van der Waals surface area contributed by atoms with E-state index < -0.39 is 0 Å². The van der Waals surface area contributed by atoms with Crippen LogP contribution in [0.5, 0.6) is 5.88 Å². The average Bonchev–Trinajstić information content (AvgIpc) is 2.54. The van der Waals surface area contributed by atoms with Gasteiger partial charge in [-0.3, -0.25) is 9.59 Å². The van der Waals surface area contributed by atoms with Crippen molar-refractivity contribution in [2.45, 2.75) is 19.8 Å². The summed E-state index contributed by atoms with van der Waals surface area (Å²) in [7, 11) is 1.48. The van der Waals surface area contributed by atoms with Gasteiger partial charge in [-0.25, -0.2) is 4.98 Å². The maximum Gasteiger partial charge on any atom is 0.310 e. The molecule has 6 heteroatoms. The first kappa shape index (κ1) is 15.3. The molecule has 1 aliphatic heterocycles. The van der Waals surface area contributed by atoms with Crippen molar-refractivity contribution in [3.63, 3.8) is 0 Å². The van der Waals surface area contributed by atoms with E-state index in [0.29, 0.717) is 31.1 Å². The number of carbonyl (C=O) groups is 2. The number of ether oxygens (including phenoxy) is 2. The highest BCUT2D eigenvalue weighted by atomic mass is 16.5. The number of carbonyl (C=O) groups excluding carboxylic acids is 2. The van der Waals surface area contributed by atoms with Gasteiger partial charge in [-0.05, 0) is 31.9 Å². The normalized spacial score (nSPS) is 18.2. The molecule has 0 aromatic carbocycles. The van der Waals surface area contributed by atoms with Gasteiger partial charge >= 0.3 is 5.97 Å². The Bertz CT molecular complexity index is 518. The zero-order valence-electron chi connectivity index (χ0n) is 12.4. The quantitative estimate of drug-likeness (QED) is 0.787. The van der Waals surface area contributed by atoms with Gasteiger partial charge in [-0.2, -0.15) is 0 Å². The number of likely N-dealkylation sites (tertiary alicyclic amines) is 1. The first-order valence-electron chi connectivity index (χ1n) is 7.12. The van der Waals surface area contributed by atoms with Crippen LogP contribution in [0.25, 0.3) is 0 Å². The second-order valence-electron chi connectivity index (χ2n) is 4.90. The second-order valence-corrected chi connectivity index (χ2v) is 4.90. The summed E-state index contributed by atoms with van der Waals surface area (Å²) in [5.74, 6) is -0.326. The lowest BCUT2D eigenvalue weighted by atomic mass is 9.97. The van der Waals surface area contributed by atoms with Crippen molar-refractivity contribution in [2.75, 3.05) is 26.8 Å². The van der Waals surface area contributed by atoms with E-state index >= 15 is 0 Å². The average molecular weight is 292 g/mol. The summed E-state index contributed by atoms with van der Waals surface area (Å²) in [5, 5.41) is 0. The number of amides is 1. The van der Waals surface area contributed by atoms with Gasteiger partial charge in [-0.15, -0.1) is 0 Å². The number of aromatic nitrogens is 1. The summed E-state index contributed by atoms with van der Waals surface area (Å²) in [6.07, 6.45) is 3.12. The fourth-order valence-corrected chi connectivity index (χ4v) is 2.50. The lowest BCUT2D eigenvalue weighted by Crippen LogP contribution is -2.43. The molecule has 21 heavy (non-hydrogen) atoms. The van der Waals surface area contributed by atoms with E-state index in [1.807, 2.05) is 0 Å². The summed E-state index contributed by atoms with van der Waals surface area (Å²) >= 11 is 0. The molecule has 0 aliphatic carbocycles. The number of methoxy groups -OCH3 is 1. The fourth-order valence-electron chi connectivity index (χ4n) is 2.50. The van der Waals surface area contributed by atoms with Gasteiger partial charge in [0.25, 0.3) is 5.91 Å². The molecule has 2 rings (SSSR count). The number of pyridine rings is 1. The van der Waals surface area contributed by atoms with Gasteiger partial charge in [0, 0.05) is 19.3 Å². The molecule has 0 unspecified atom stereocenters. The largest absolute Gasteiger partial charge is 0.480 e. The van der Waals surface area contributed by atoms with Crippen LogP contribution in [0.2, 0.25) is 0 Å². The second kappa shape index (κ2) is 7.06. The highest BCUT2D eigenvalue weighted by molar-refractivity contribution is 5.96. The van der Waals surface area contributed by atoms with Crippen molar-refractivity contribution in [1.29, 1.82) is 0 Å². The van der Waals surface area contributed by atoms with Crippen molar-refractivity contribution in [1.82, 2.24) is 9.88 Å². The van der Waals surface area contributed by atoms with E-state index in [2.05, 4.69) is 4.98 Å². The molecule has 1 saturated heterocycles. The number of hydrogen-bond donors (Lipinski definition) is 0. The molecule has 2 heterocycles. The third-order valence-corrected chi connectivity index (χ3v) is 3.52. The van der Waals surface area contributed by atoms with Crippen molar-refractivity contribution in [2.24, 2.45) is 5.92 Å². The van der Waals surface area contributed by atoms with Crippen LogP contribution in [0.4, 0.5) is 0 Å². The van der Waals surface area contributed by atoms with Crippen molar-refractivity contribution in [3.05, 3.63) is 23.9 Å². The number of piperidine rings is 1. The molecule has 0 bridgehead atoms. The zero-order chi connectivity index (χ0) is 15.2. The Kier molecular flexibility index (Phi) is 5.14. The van der Waals surface area contributed by atoms with Gasteiger partial charge in [0.15, 0.2) is 0 Å². The van der Waals surface area contributed by atoms with Crippen LogP contribution >= 0.6 is 0 Å². The van der Waals surface area contributed by atoms with Gasteiger partial charge in [0.2, 0.25) is 5.88 Å². The van der Waals surface area contributed by atoms with Gasteiger partial charge in [0.05, 0.1) is 19.6 Å². The summed E-state index contributed by atoms with van der Waals surface area (Å²) in [4.78, 5) is 30.1. The Balaban J connectivity index is 2.10. The van der Waals surface area contributed by atoms with Crippen LogP contribution in [0.15, 0.2) is 18.3 Å². The predicted molar refractivity (Wildman–Crippen MR) is 76.0 cm³/mol. The number of hydrogen-bond acceptors (Lipinski definition) is 5. The molecule has 0 radical (unpaired) electrons. The van der Waals surface area contributed by atoms with E-state index in [0.717, 1.165) is 12.8 Å². The molecule has 1 fully saturated rings. The van der Waals surface area contributed by atoms with E-state index in [4.69, 9.17) is 9.47 Å². The molecule has 0 saturated carbocycles. The SMILES string of the molecule is CCOC(=O)[C@H]1CCCN(C(=O)c2cccnc2OC)C1. The van der Waals surface area contributed by atoms with Crippen LogP contribution in [-0.2, 0) is 9.53 Å². The third kappa shape index (κ3) is 3.51. The lowest BCUT2D eigenvalue weighted by Gasteiger charge is -2.31. The highest BCUT2D eigenvalue weighted by Gasteiger charge is 2.30. The smallest absolute Gasteiger partial charge is 0.310 e. The number of nitrogens with zero attached hydrogens (tertiary/aromatic N) is 2. The monoisotopic (exact) mass is 292 g/mol. The van der Waals surface area contributed by atoms with Crippen LogP contribution < -0.4 is 4.74 Å². The molecule has 0 spiro atoms. The number of esters is 1. The molecule has 1 aromatic rings. The molecule has 114 valence electrons. The standard InChI is InChI=1S/C15H20N2O4/c1-3-21-15(19)11-6-5-9-17(10-11)14(18)12-7-4-8-16-13(12)20-2/h4,7-8,11H,3,5-6,9-10H2,1-2H3/t11-/m0/s1. The Morgan fingerprint density at radius 2 is 2.29 bits per heavy atom. The van der Waals surface area contributed by atoms with Crippen LogP contribution in [0.3, 0.4) is 0 Å². The minimum Gasteiger partial charge on any atom is -0.480 e. The highest BCUT2D eigenvalue weighted by Crippen LogP contribution is 2.22. The Hall–Kier alpha value is -2.11. The third-order valence-electron chi connectivity index (χ3n) is 3.52. The lowest BCUT2D eigenvalue weighted by molar-refractivity contribution is -0.149. The Morgan fingerprint density at radius 1 is 1.48 bits per heavy atom. The van der Waals surface area contributed by atoms with E-state index in [9.17, 15) is 9.59 Å². The first-order valence-corrected chi connectivity index (χ1v) is 7.12. The summed E-state index contributed by atoms with van der Waals surface area (Å²) < 4.78 is 10.2. The van der Waals surface area contributed by atoms with Crippen LogP contribution in [0.1, 0.15) is 30.1 Å². The maximum absolute atomic E-state index is 12.6. The van der Waals surface area contributed by atoms with E-state index in [1.165, 1.54) is 7.11 Å². The minimum atomic E-state index is -0.245. The van der Waals surface area contributed by atoms with Crippen LogP contribution in [-0.4, -0.2) is 48.6 Å². The molecule has 1 atom stereocenters. The molecule has 1 aliphatic rings. The topological polar surface area (TPSA) is 68.7 Å². The summed E-state index contributed by atoms with van der Waals surface area (Å²) in [5.41, 5.74) is 0.421. The first-order chi connectivity index (χ1) is 10.2. The summed E-state index contributed by atoms with van der Waals surface area (Å²) in [6.45, 7) is 3.16. The molecule has 0 N–H and O–H groups in total. The van der Waals surface area contributed by atoms with E-state index in [-0.39, 0.29) is 17.8 Å². The summed E-state index contributed by atoms with van der Waals surface area (Å²) in [6, 6.07) is 3.38. The molecular formula is C15H20N2O4. The van der Waals surface area contributed by atoms with Crippen LogP contribution in [0, 0.1) is 5.92 Å². The van der Waals surface area contributed by atoms with Gasteiger partial charge < -0.3 is 14.4 Å². The minimum absolute atomic E-state index is 0.158. The Labute approximate surface area is 124 Å². The maximum atomic E-state index is 12.6.